The van der Waals surface area contributed by atoms with Gasteiger partial charge in [0.05, 0.1) is 11.1 Å². The van der Waals surface area contributed by atoms with Crippen LogP contribution >= 0.6 is 11.3 Å². The second-order valence-corrected chi connectivity index (χ2v) is 15.2. The summed E-state index contributed by atoms with van der Waals surface area (Å²) < 4.78 is 9.15. The molecule has 0 amide bonds. The summed E-state index contributed by atoms with van der Waals surface area (Å²) in [6.45, 7) is 2.26. The Labute approximate surface area is 306 Å². The molecule has 0 spiro atoms. The lowest BCUT2D eigenvalue weighted by Gasteiger charge is -2.20. The van der Waals surface area contributed by atoms with Crippen LogP contribution in [0.15, 0.2) is 162 Å². The molecule has 15 rings (SSSR count). The predicted molar refractivity (Wildman–Crippen MR) is 222 cm³/mol. The van der Waals surface area contributed by atoms with Crippen molar-refractivity contribution in [2.75, 3.05) is 5.32 Å². The summed E-state index contributed by atoms with van der Waals surface area (Å²) in [6, 6.07) is 51.2. The van der Waals surface area contributed by atoms with Crippen LogP contribution in [0.25, 0.3) is 81.1 Å². The Kier molecular flexibility index (Phi) is 6.50. The third-order valence-electron chi connectivity index (χ3n) is 11.2. The highest BCUT2D eigenvalue weighted by Crippen LogP contribution is 2.45. The number of benzene rings is 7. The summed E-state index contributed by atoms with van der Waals surface area (Å²) in [4.78, 5) is 0. The third kappa shape index (κ3) is 4.56. The van der Waals surface area contributed by atoms with E-state index in [4.69, 9.17) is 4.42 Å². The minimum atomic E-state index is 0.347. The quantitative estimate of drug-likeness (QED) is 0.172. The van der Waals surface area contributed by atoms with Crippen LogP contribution in [0.5, 0.6) is 0 Å². The lowest BCUT2D eigenvalue weighted by atomic mass is 9.85. The predicted octanol–water partition coefficient (Wildman–Crippen LogP) is 14.4. The first-order chi connectivity index (χ1) is 25.7. The molecule has 0 saturated carbocycles. The zero-order valence-corrected chi connectivity index (χ0v) is 29.4. The number of furan rings is 1. The van der Waals surface area contributed by atoms with Crippen LogP contribution in [-0.2, 0) is 0 Å². The molecule has 246 valence electrons. The van der Waals surface area contributed by atoms with E-state index in [0.717, 1.165) is 39.7 Å². The highest BCUT2D eigenvalue weighted by Gasteiger charge is 2.20. The molecule has 6 aliphatic rings. The summed E-state index contributed by atoms with van der Waals surface area (Å²) in [5, 5.41) is 8.65. The molecule has 9 aromatic rings. The van der Waals surface area contributed by atoms with Crippen molar-refractivity contribution in [3.8, 4) is 33.4 Å². The summed E-state index contributed by atoms with van der Waals surface area (Å²) in [5.74, 6) is 0.347. The van der Waals surface area contributed by atoms with Crippen LogP contribution in [0.4, 0.5) is 11.4 Å². The maximum Gasteiger partial charge on any atom is 0.137 e. The molecule has 1 unspecified atom stereocenters. The van der Waals surface area contributed by atoms with Gasteiger partial charge in [-0.3, -0.25) is 0 Å². The van der Waals surface area contributed by atoms with Gasteiger partial charge in [-0.1, -0.05) is 109 Å². The van der Waals surface area contributed by atoms with Crippen LogP contribution in [0.1, 0.15) is 29.0 Å². The fourth-order valence-electron chi connectivity index (χ4n) is 8.56. The molecule has 52 heavy (non-hydrogen) atoms. The molecule has 1 N–H and O–H groups in total. The summed E-state index contributed by atoms with van der Waals surface area (Å²) in [5.41, 5.74) is 16.4. The molecular formula is C49H33NOS. The van der Waals surface area contributed by atoms with Gasteiger partial charge in [-0.25, -0.2) is 0 Å². The summed E-state index contributed by atoms with van der Waals surface area (Å²) in [6.07, 6.45) is 8.11. The van der Waals surface area contributed by atoms with Gasteiger partial charge in [0, 0.05) is 37.2 Å². The molecule has 7 heterocycles. The molecule has 1 aliphatic carbocycles. The van der Waals surface area contributed by atoms with Gasteiger partial charge in [0.1, 0.15) is 11.2 Å². The van der Waals surface area contributed by atoms with Crippen molar-refractivity contribution < 1.29 is 4.42 Å². The maximum absolute atomic E-state index is 6.51. The number of thiophene rings is 1. The van der Waals surface area contributed by atoms with Gasteiger partial charge in [0.25, 0.3) is 0 Å². The van der Waals surface area contributed by atoms with Crippen molar-refractivity contribution in [2.45, 2.75) is 19.3 Å². The lowest BCUT2D eigenvalue weighted by molar-refractivity contribution is 0.669. The van der Waals surface area contributed by atoms with Gasteiger partial charge < -0.3 is 9.73 Å². The normalized spacial score (nSPS) is 14.9. The zero-order chi connectivity index (χ0) is 34.3. The van der Waals surface area contributed by atoms with E-state index in [1.807, 2.05) is 11.3 Å². The van der Waals surface area contributed by atoms with Gasteiger partial charge in [0.2, 0.25) is 0 Å². The van der Waals surface area contributed by atoms with Crippen molar-refractivity contribution >= 4 is 70.4 Å². The molecule has 0 fully saturated rings. The summed E-state index contributed by atoms with van der Waals surface area (Å²) >= 11 is 1.88. The van der Waals surface area contributed by atoms with Crippen molar-refractivity contribution in [3.05, 3.63) is 174 Å². The van der Waals surface area contributed by atoms with Crippen molar-refractivity contribution in [1.82, 2.24) is 0 Å². The van der Waals surface area contributed by atoms with Crippen LogP contribution in [0.2, 0.25) is 0 Å². The fraction of sp³-hybridized carbons (Fsp3) is 0.0612. The van der Waals surface area contributed by atoms with E-state index in [-0.39, 0.29) is 0 Å². The van der Waals surface area contributed by atoms with Gasteiger partial charge in [-0.2, -0.15) is 0 Å². The molecule has 1 atom stereocenters. The Morgan fingerprint density at radius 2 is 1.31 bits per heavy atom. The first-order valence-electron chi connectivity index (χ1n) is 18.0. The minimum absolute atomic E-state index is 0.347. The maximum atomic E-state index is 6.51. The number of nitrogens with one attached hydrogen (secondary N) is 1. The highest BCUT2D eigenvalue weighted by atomic mass is 32.1. The van der Waals surface area contributed by atoms with Gasteiger partial charge in [-0.05, 0) is 118 Å². The molecule has 7 aromatic carbocycles. The van der Waals surface area contributed by atoms with Crippen LogP contribution in [0.3, 0.4) is 0 Å². The van der Waals surface area contributed by atoms with Gasteiger partial charge in [-0.15, -0.1) is 11.3 Å². The van der Waals surface area contributed by atoms with Crippen LogP contribution in [-0.4, -0.2) is 0 Å². The number of hydrogen-bond acceptors (Lipinski definition) is 3. The smallest absolute Gasteiger partial charge is 0.137 e. The van der Waals surface area contributed by atoms with E-state index in [2.05, 4.69) is 170 Å². The number of hydrogen-bond donors (Lipinski definition) is 1. The Hall–Kier alpha value is -6.16. The SMILES string of the molecule is Cc1c2cccc1-c1cccc3oc4cccc(c4c13)Nc1ccc(cc1)-c1ccc3sc4cccc(c4c3c1)-c1ccc(cc1)C1C=CC2=CC1. The molecule has 3 heteroatoms. The Bertz CT molecular complexity index is 2960. The molecule has 0 radical (unpaired) electrons. The van der Waals surface area contributed by atoms with Crippen molar-refractivity contribution in [1.29, 1.82) is 0 Å². The van der Waals surface area contributed by atoms with Crippen LogP contribution in [0, 0.1) is 6.92 Å². The van der Waals surface area contributed by atoms with E-state index < -0.39 is 0 Å². The number of fused-ring (bicyclic) bond motifs is 1. The Balaban J connectivity index is 1.13. The molecular weight excluding hydrogens is 651 g/mol. The van der Waals surface area contributed by atoms with Crippen LogP contribution < -0.4 is 5.32 Å². The molecule has 2 nitrogen and oxygen atoms in total. The minimum Gasteiger partial charge on any atom is -0.456 e. The van der Waals surface area contributed by atoms with Gasteiger partial charge >= 0.3 is 0 Å². The number of allylic oxidation sites excluding steroid dienone is 4. The highest BCUT2D eigenvalue weighted by molar-refractivity contribution is 7.26. The van der Waals surface area contributed by atoms with Crippen molar-refractivity contribution in [2.24, 2.45) is 0 Å². The van der Waals surface area contributed by atoms with Crippen molar-refractivity contribution in [3.63, 3.8) is 0 Å². The number of anilines is 2. The topological polar surface area (TPSA) is 25.2 Å². The largest absolute Gasteiger partial charge is 0.456 e. The first kappa shape index (κ1) is 29.6. The third-order valence-corrected chi connectivity index (χ3v) is 12.3. The average Bonchev–Trinajstić information content (AvgIpc) is 3.77. The molecule has 5 aliphatic heterocycles. The van der Waals surface area contributed by atoms with E-state index in [1.54, 1.807) is 0 Å². The number of rotatable bonds is 0. The first-order valence-corrected chi connectivity index (χ1v) is 18.8. The Morgan fingerprint density at radius 3 is 2.15 bits per heavy atom. The fourth-order valence-corrected chi connectivity index (χ4v) is 9.67. The second-order valence-electron chi connectivity index (χ2n) is 14.1. The summed E-state index contributed by atoms with van der Waals surface area (Å²) in [7, 11) is 0. The van der Waals surface area contributed by atoms with E-state index in [9.17, 15) is 0 Å². The van der Waals surface area contributed by atoms with E-state index >= 15 is 0 Å². The second kappa shape index (κ2) is 11.4. The molecule has 2 aromatic heterocycles. The monoisotopic (exact) mass is 683 g/mol. The lowest BCUT2D eigenvalue weighted by Crippen LogP contribution is -2.00. The zero-order valence-electron chi connectivity index (χ0n) is 28.6. The van der Waals surface area contributed by atoms with E-state index in [0.29, 0.717) is 5.92 Å². The molecule has 0 saturated heterocycles. The standard InChI is InChI=1S/C49H33NOS/c1-29-37-6-2-7-38(29)40-9-3-11-43-48(40)49-42(10-5-12-44(49)51-43)50-36-25-22-32(23-26-36)35-24-27-45-41(28-35)47-39(8-4-13-46(47)52-45)34-20-16-31(17-21-34)30-14-18-33(37)19-15-30/h2-14,16-28,30,50H,15H2,1H3. The van der Waals surface area contributed by atoms with Gasteiger partial charge in [0.15, 0.2) is 0 Å². The average molecular weight is 684 g/mol. The Morgan fingerprint density at radius 1 is 0.596 bits per heavy atom. The molecule has 10 bridgehead atoms. The van der Waals surface area contributed by atoms with E-state index in [1.165, 1.54) is 75.8 Å².